The third kappa shape index (κ3) is 4.93. The van der Waals surface area contributed by atoms with E-state index in [0.29, 0.717) is 12.6 Å². The highest BCUT2D eigenvalue weighted by molar-refractivity contribution is 4.75. The van der Waals surface area contributed by atoms with E-state index in [4.69, 9.17) is 4.74 Å². The zero-order valence-electron chi connectivity index (χ0n) is 9.91. The first kappa shape index (κ1) is 12.9. The van der Waals surface area contributed by atoms with Crippen molar-refractivity contribution in [2.45, 2.75) is 32.0 Å². The van der Waals surface area contributed by atoms with Crippen LogP contribution in [0.2, 0.25) is 0 Å². The summed E-state index contributed by atoms with van der Waals surface area (Å²) in [5.41, 5.74) is 0. The molecule has 0 saturated carbocycles. The Balaban J connectivity index is 2.12. The molecule has 90 valence electrons. The Kier molecular flexibility index (Phi) is 6.17. The Hall–Kier alpha value is -0.160. The van der Waals surface area contributed by atoms with Gasteiger partial charge in [-0.2, -0.15) is 0 Å². The van der Waals surface area contributed by atoms with Gasteiger partial charge in [-0.1, -0.05) is 6.92 Å². The molecule has 0 bridgehead atoms. The lowest BCUT2D eigenvalue weighted by atomic mass is 10.1. The number of aliphatic hydroxyl groups is 1. The third-order valence-corrected chi connectivity index (χ3v) is 2.97. The molecule has 4 nitrogen and oxygen atoms in total. The molecule has 0 radical (unpaired) electrons. The largest absolute Gasteiger partial charge is 0.390 e. The van der Waals surface area contributed by atoms with Crippen LogP contribution in [0.15, 0.2) is 0 Å². The van der Waals surface area contributed by atoms with Gasteiger partial charge in [-0.25, -0.2) is 0 Å². The molecule has 0 aromatic heterocycles. The van der Waals surface area contributed by atoms with Gasteiger partial charge in [0.15, 0.2) is 0 Å². The molecule has 1 atom stereocenters. The van der Waals surface area contributed by atoms with Gasteiger partial charge in [-0.05, 0) is 19.4 Å². The normalized spacial score (nSPS) is 21.8. The highest BCUT2D eigenvalue weighted by Crippen LogP contribution is 2.12. The third-order valence-electron chi connectivity index (χ3n) is 2.97. The molecule has 15 heavy (non-hydrogen) atoms. The van der Waals surface area contributed by atoms with Gasteiger partial charge in [0.05, 0.1) is 12.2 Å². The molecule has 2 N–H and O–H groups in total. The zero-order chi connectivity index (χ0) is 11.1. The van der Waals surface area contributed by atoms with Crippen LogP contribution in [0.5, 0.6) is 0 Å². The lowest BCUT2D eigenvalue weighted by Gasteiger charge is -2.32. The van der Waals surface area contributed by atoms with Crippen LogP contribution in [0.4, 0.5) is 0 Å². The summed E-state index contributed by atoms with van der Waals surface area (Å²) >= 11 is 0. The van der Waals surface area contributed by atoms with E-state index >= 15 is 0 Å². The number of piperidine rings is 1. The van der Waals surface area contributed by atoms with Crippen LogP contribution in [-0.4, -0.2) is 62.0 Å². The minimum atomic E-state index is -0.246. The van der Waals surface area contributed by atoms with Crippen molar-refractivity contribution in [1.29, 1.82) is 0 Å². The molecule has 1 fully saturated rings. The molecule has 1 saturated heterocycles. The summed E-state index contributed by atoms with van der Waals surface area (Å²) in [6, 6.07) is 0. The van der Waals surface area contributed by atoms with E-state index in [9.17, 15) is 5.11 Å². The summed E-state index contributed by atoms with van der Waals surface area (Å²) < 4.78 is 5.31. The van der Waals surface area contributed by atoms with Crippen LogP contribution in [0, 0.1) is 0 Å². The van der Waals surface area contributed by atoms with Crippen molar-refractivity contribution >= 4 is 0 Å². The molecule has 0 aromatic carbocycles. The fourth-order valence-corrected chi connectivity index (χ4v) is 2.00. The molecule has 0 aliphatic carbocycles. The van der Waals surface area contributed by atoms with Crippen LogP contribution < -0.4 is 5.32 Å². The maximum atomic E-state index is 9.72. The number of likely N-dealkylation sites (tertiary alicyclic amines) is 1. The van der Waals surface area contributed by atoms with Crippen molar-refractivity contribution in [3.05, 3.63) is 0 Å². The van der Waals surface area contributed by atoms with Gasteiger partial charge in [0.1, 0.15) is 0 Å². The zero-order valence-corrected chi connectivity index (χ0v) is 9.91. The summed E-state index contributed by atoms with van der Waals surface area (Å²) in [5, 5.41) is 12.9. The number of ether oxygens (including phenoxy) is 1. The Labute approximate surface area is 92.6 Å². The number of methoxy groups -OCH3 is 1. The highest BCUT2D eigenvalue weighted by Gasteiger charge is 2.20. The van der Waals surface area contributed by atoms with Gasteiger partial charge in [0.2, 0.25) is 0 Å². The summed E-state index contributed by atoms with van der Waals surface area (Å²) in [6.07, 6.45) is 2.35. The molecular formula is C11H24N2O2. The molecule has 0 aromatic rings. The van der Waals surface area contributed by atoms with Gasteiger partial charge >= 0.3 is 0 Å². The Morgan fingerprint density at radius 3 is 2.67 bits per heavy atom. The molecule has 1 heterocycles. The van der Waals surface area contributed by atoms with E-state index < -0.39 is 0 Å². The molecule has 1 aliphatic rings. The standard InChI is InChI=1S/C11H24N2O2/c1-3-12-8-10(14)9-13-6-4-11(15-2)5-7-13/h10-12,14H,3-9H2,1-2H3. The van der Waals surface area contributed by atoms with E-state index in [-0.39, 0.29) is 6.10 Å². The summed E-state index contributed by atoms with van der Waals surface area (Å²) in [5.74, 6) is 0. The number of nitrogens with zero attached hydrogens (tertiary/aromatic N) is 1. The van der Waals surface area contributed by atoms with Gasteiger partial charge in [0.25, 0.3) is 0 Å². The highest BCUT2D eigenvalue weighted by atomic mass is 16.5. The number of aliphatic hydroxyl groups excluding tert-OH is 1. The maximum absolute atomic E-state index is 9.72. The number of hydrogen-bond donors (Lipinski definition) is 2. The van der Waals surface area contributed by atoms with Crippen LogP contribution in [-0.2, 0) is 4.74 Å². The van der Waals surface area contributed by atoms with E-state index in [1.54, 1.807) is 7.11 Å². The second-order valence-corrected chi connectivity index (χ2v) is 4.20. The lowest BCUT2D eigenvalue weighted by Crippen LogP contribution is -2.43. The summed E-state index contributed by atoms with van der Waals surface area (Å²) in [6.45, 7) is 6.53. The minimum absolute atomic E-state index is 0.246. The smallest absolute Gasteiger partial charge is 0.0791 e. The van der Waals surface area contributed by atoms with Crippen LogP contribution in [0.3, 0.4) is 0 Å². The number of rotatable bonds is 6. The maximum Gasteiger partial charge on any atom is 0.0791 e. The Morgan fingerprint density at radius 1 is 1.47 bits per heavy atom. The Bertz CT molecular complexity index is 159. The predicted molar refractivity (Wildman–Crippen MR) is 61.0 cm³/mol. The average molecular weight is 216 g/mol. The van der Waals surface area contributed by atoms with Crippen LogP contribution >= 0.6 is 0 Å². The number of hydrogen-bond acceptors (Lipinski definition) is 4. The minimum Gasteiger partial charge on any atom is -0.390 e. The number of β-amino-alcohol motifs (C(OH)–C–C–N with tert-alkyl or cyclic N) is 1. The van der Waals surface area contributed by atoms with E-state index in [2.05, 4.69) is 17.1 Å². The van der Waals surface area contributed by atoms with Crippen molar-refractivity contribution in [3.8, 4) is 0 Å². The van der Waals surface area contributed by atoms with Crippen molar-refractivity contribution in [2.24, 2.45) is 0 Å². The second-order valence-electron chi connectivity index (χ2n) is 4.20. The van der Waals surface area contributed by atoms with Crippen molar-refractivity contribution in [2.75, 3.05) is 39.8 Å². The van der Waals surface area contributed by atoms with Crippen LogP contribution in [0.1, 0.15) is 19.8 Å². The van der Waals surface area contributed by atoms with E-state index in [1.807, 2.05) is 0 Å². The van der Waals surface area contributed by atoms with Crippen molar-refractivity contribution in [1.82, 2.24) is 10.2 Å². The first-order valence-electron chi connectivity index (χ1n) is 5.90. The first-order valence-corrected chi connectivity index (χ1v) is 5.90. The quantitative estimate of drug-likeness (QED) is 0.659. The molecule has 1 aliphatic heterocycles. The van der Waals surface area contributed by atoms with Gasteiger partial charge < -0.3 is 20.1 Å². The van der Waals surface area contributed by atoms with Gasteiger partial charge in [0, 0.05) is 33.3 Å². The predicted octanol–water partition coefficient (Wildman–Crippen LogP) is 0.0676. The second kappa shape index (κ2) is 7.17. The lowest BCUT2D eigenvalue weighted by molar-refractivity contribution is 0.0247. The van der Waals surface area contributed by atoms with Crippen molar-refractivity contribution in [3.63, 3.8) is 0 Å². The summed E-state index contributed by atoms with van der Waals surface area (Å²) in [4.78, 5) is 2.32. The molecule has 0 amide bonds. The molecule has 4 heteroatoms. The van der Waals surface area contributed by atoms with E-state index in [0.717, 1.165) is 39.0 Å². The SMILES string of the molecule is CCNCC(O)CN1CCC(OC)CC1. The van der Waals surface area contributed by atoms with E-state index in [1.165, 1.54) is 0 Å². The molecule has 1 unspecified atom stereocenters. The fourth-order valence-electron chi connectivity index (χ4n) is 2.00. The van der Waals surface area contributed by atoms with Gasteiger partial charge in [-0.15, -0.1) is 0 Å². The monoisotopic (exact) mass is 216 g/mol. The Morgan fingerprint density at radius 2 is 2.13 bits per heavy atom. The van der Waals surface area contributed by atoms with Gasteiger partial charge in [-0.3, -0.25) is 0 Å². The number of nitrogens with one attached hydrogen (secondary N) is 1. The summed E-state index contributed by atoms with van der Waals surface area (Å²) in [7, 11) is 1.78. The molecular weight excluding hydrogens is 192 g/mol. The fraction of sp³-hybridized carbons (Fsp3) is 1.00. The molecule has 0 spiro atoms. The van der Waals surface area contributed by atoms with Crippen molar-refractivity contribution < 1.29 is 9.84 Å². The molecule has 1 rings (SSSR count). The van der Waals surface area contributed by atoms with Crippen LogP contribution in [0.25, 0.3) is 0 Å². The number of likely N-dealkylation sites (N-methyl/N-ethyl adjacent to an activating group) is 1. The topological polar surface area (TPSA) is 44.7 Å². The first-order chi connectivity index (χ1) is 7.26. The average Bonchev–Trinajstić information content (AvgIpc) is 2.27.